The monoisotopic (exact) mass is 286 g/mol. The van der Waals surface area contributed by atoms with Gasteiger partial charge in [-0.2, -0.15) is 0 Å². The van der Waals surface area contributed by atoms with Crippen molar-refractivity contribution in [3.8, 4) is 0 Å². The van der Waals surface area contributed by atoms with Crippen LogP contribution in [0.15, 0.2) is 42.5 Å². The smallest absolute Gasteiger partial charge is 0.272 e. The summed E-state index contributed by atoms with van der Waals surface area (Å²) < 4.78 is 26.4. The molecule has 0 saturated heterocycles. The number of hydrogen-bond acceptors (Lipinski definition) is 1. The molecule has 0 radical (unpaired) electrons. The van der Waals surface area contributed by atoms with Crippen LogP contribution in [0.4, 0.5) is 14.5 Å². The number of rotatable bonds is 2. The number of carbonyl (C=O) groups excluding carboxylic acids is 1. The van der Waals surface area contributed by atoms with Crippen LogP contribution in [0.5, 0.6) is 0 Å². The first-order valence-corrected chi connectivity index (χ1v) is 6.40. The number of aromatic amines is 1. The van der Waals surface area contributed by atoms with E-state index in [4.69, 9.17) is 0 Å². The Hall–Kier alpha value is -2.69. The van der Waals surface area contributed by atoms with Gasteiger partial charge in [-0.1, -0.05) is 18.2 Å². The van der Waals surface area contributed by atoms with Crippen LogP contribution in [0.2, 0.25) is 0 Å². The third-order valence-electron chi connectivity index (χ3n) is 3.37. The van der Waals surface area contributed by atoms with Gasteiger partial charge in [0.2, 0.25) is 0 Å². The number of benzene rings is 2. The Bertz CT molecular complexity index is 839. The predicted octanol–water partition coefficient (Wildman–Crippen LogP) is 4.01. The highest BCUT2D eigenvalue weighted by molar-refractivity contribution is 6.07. The second kappa shape index (κ2) is 5.01. The second-order valence-corrected chi connectivity index (χ2v) is 4.75. The van der Waals surface area contributed by atoms with Gasteiger partial charge >= 0.3 is 0 Å². The molecule has 3 rings (SSSR count). The topological polar surface area (TPSA) is 44.9 Å². The van der Waals surface area contributed by atoms with Gasteiger partial charge in [-0.3, -0.25) is 4.79 Å². The van der Waals surface area contributed by atoms with Crippen LogP contribution in [0.1, 0.15) is 16.1 Å². The molecule has 0 aliphatic rings. The van der Waals surface area contributed by atoms with E-state index in [9.17, 15) is 13.6 Å². The number of para-hydroxylation sites is 1. The number of aromatic nitrogens is 1. The molecule has 0 unspecified atom stereocenters. The Balaban J connectivity index is 1.95. The van der Waals surface area contributed by atoms with Crippen molar-refractivity contribution in [2.75, 3.05) is 5.32 Å². The number of hydrogen-bond donors (Lipinski definition) is 2. The van der Waals surface area contributed by atoms with Crippen molar-refractivity contribution in [2.45, 2.75) is 6.92 Å². The van der Waals surface area contributed by atoms with Crippen molar-refractivity contribution < 1.29 is 13.6 Å². The molecule has 0 fully saturated rings. The molecule has 106 valence electrons. The van der Waals surface area contributed by atoms with E-state index >= 15 is 0 Å². The predicted molar refractivity (Wildman–Crippen MR) is 77.3 cm³/mol. The summed E-state index contributed by atoms with van der Waals surface area (Å²) in [5.41, 5.74) is 1.92. The quantitative estimate of drug-likeness (QED) is 0.734. The van der Waals surface area contributed by atoms with Gasteiger partial charge < -0.3 is 10.3 Å². The van der Waals surface area contributed by atoms with Crippen LogP contribution in [-0.4, -0.2) is 10.9 Å². The summed E-state index contributed by atoms with van der Waals surface area (Å²) in [7, 11) is 0. The molecule has 2 aromatic carbocycles. The first-order valence-electron chi connectivity index (χ1n) is 6.40. The molecule has 0 saturated carbocycles. The minimum Gasteiger partial charge on any atom is -0.350 e. The minimum absolute atomic E-state index is 0.0561. The van der Waals surface area contributed by atoms with Crippen molar-refractivity contribution in [1.82, 2.24) is 4.98 Å². The molecule has 1 amide bonds. The van der Waals surface area contributed by atoms with E-state index < -0.39 is 17.5 Å². The number of halogens is 2. The van der Waals surface area contributed by atoms with E-state index in [1.54, 1.807) is 0 Å². The largest absolute Gasteiger partial charge is 0.350 e. The summed E-state index contributed by atoms with van der Waals surface area (Å²) in [5, 5.41) is 3.38. The first kappa shape index (κ1) is 13.3. The number of H-pyrrole nitrogens is 1. The lowest BCUT2D eigenvalue weighted by Crippen LogP contribution is -2.14. The van der Waals surface area contributed by atoms with Gasteiger partial charge in [-0.15, -0.1) is 0 Å². The summed E-state index contributed by atoms with van der Waals surface area (Å²) in [6.07, 6.45) is 0. The van der Waals surface area contributed by atoms with E-state index in [1.807, 2.05) is 31.2 Å². The van der Waals surface area contributed by atoms with Gasteiger partial charge in [0, 0.05) is 17.0 Å². The zero-order chi connectivity index (χ0) is 15.0. The molecule has 0 spiro atoms. The Kier molecular flexibility index (Phi) is 3.17. The van der Waals surface area contributed by atoms with Crippen molar-refractivity contribution in [2.24, 2.45) is 0 Å². The van der Waals surface area contributed by atoms with Crippen molar-refractivity contribution in [3.63, 3.8) is 0 Å². The van der Waals surface area contributed by atoms with Crippen LogP contribution < -0.4 is 5.32 Å². The zero-order valence-electron chi connectivity index (χ0n) is 11.2. The molecule has 21 heavy (non-hydrogen) atoms. The fourth-order valence-electron chi connectivity index (χ4n) is 2.28. The Morgan fingerprint density at radius 3 is 2.62 bits per heavy atom. The normalized spacial score (nSPS) is 10.8. The Morgan fingerprint density at radius 1 is 1.14 bits per heavy atom. The molecule has 0 aliphatic heterocycles. The summed E-state index contributed by atoms with van der Waals surface area (Å²) in [6.45, 7) is 1.81. The summed E-state index contributed by atoms with van der Waals surface area (Å²) in [6, 6.07) is 10.5. The summed E-state index contributed by atoms with van der Waals surface area (Å²) >= 11 is 0. The minimum atomic E-state index is -0.808. The standard InChI is InChI=1S/C16H12F2N2O/c1-9-11-4-2-3-5-13(11)19-15(9)16(21)20-14-7-6-10(17)8-12(14)18/h2-8,19H,1H3,(H,20,21). The van der Waals surface area contributed by atoms with E-state index in [-0.39, 0.29) is 5.69 Å². The fourth-order valence-corrected chi connectivity index (χ4v) is 2.28. The van der Waals surface area contributed by atoms with Crippen molar-refractivity contribution in [3.05, 3.63) is 65.4 Å². The highest BCUT2D eigenvalue weighted by Crippen LogP contribution is 2.23. The second-order valence-electron chi connectivity index (χ2n) is 4.75. The number of amides is 1. The lowest BCUT2D eigenvalue weighted by molar-refractivity contribution is 0.102. The first-order chi connectivity index (χ1) is 10.1. The lowest BCUT2D eigenvalue weighted by atomic mass is 10.1. The molecule has 5 heteroatoms. The molecule has 1 heterocycles. The Morgan fingerprint density at radius 2 is 1.90 bits per heavy atom. The molecule has 1 aromatic heterocycles. The summed E-state index contributed by atoms with van der Waals surface area (Å²) in [5.74, 6) is -1.96. The average Bonchev–Trinajstić information content (AvgIpc) is 2.80. The maximum absolute atomic E-state index is 13.6. The highest BCUT2D eigenvalue weighted by atomic mass is 19.1. The van der Waals surface area contributed by atoms with Crippen molar-refractivity contribution >= 4 is 22.5 Å². The third kappa shape index (κ3) is 2.38. The number of aryl methyl sites for hydroxylation is 1. The van der Waals surface area contributed by atoms with Gasteiger partial charge in [0.15, 0.2) is 0 Å². The number of carbonyl (C=O) groups is 1. The van der Waals surface area contributed by atoms with Crippen LogP contribution in [0, 0.1) is 18.6 Å². The van der Waals surface area contributed by atoms with E-state index in [0.717, 1.165) is 28.6 Å². The van der Waals surface area contributed by atoms with Gasteiger partial charge in [0.05, 0.1) is 5.69 Å². The molecule has 3 aromatic rings. The molecule has 0 bridgehead atoms. The molecule has 3 nitrogen and oxygen atoms in total. The average molecular weight is 286 g/mol. The van der Waals surface area contributed by atoms with Gasteiger partial charge in [0.25, 0.3) is 5.91 Å². The number of fused-ring (bicyclic) bond motifs is 1. The van der Waals surface area contributed by atoms with Crippen LogP contribution in [-0.2, 0) is 0 Å². The number of nitrogens with one attached hydrogen (secondary N) is 2. The molecular weight excluding hydrogens is 274 g/mol. The van der Waals surface area contributed by atoms with E-state index in [0.29, 0.717) is 5.69 Å². The SMILES string of the molecule is Cc1c(C(=O)Nc2ccc(F)cc2F)[nH]c2ccccc12. The maximum atomic E-state index is 13.6. The zero-order valence-corrected chi connectivity index (χ0v) is 11.2. The third-order valence-corrected chi connectivity index (χ3v) is 3.37. The molecule has 0 atom stereocenters. The van der Waals surface area contributed by atoms with Gasteiger partial charge in [0.1, 0.15) is 17.3 Å². The fraction of sp³-hybridized carbons (Fsp3) is 0.0625. The summed E-state index contributed by atoms with van der Waals surface area (Å²) in [4.78, 5) is 15.2. The Labute approximate surface area is 119 Å². The maximum Gasteiger partial charge on any atom is 0.272 e. The highest BCUT2D eigenvalue weighted by Gasteiger charge is 2.16. The van der Waals surface area contributed by atoms with Crippen LogP contribution in [0.3, 0.4) is 0 Å². The lowest BCUT2D eigenvalue weighted by Gasteiger charge is -2.06. The molecule has 0 aliphatic carbocycles. The van der Waals surface area contributed by atoms with Crippen molar-refractivity contribution in [1.29, 1.82) is 0 Å². The van der Waals surface area contributed by atoms with Crippen LogP contribution in [0.25, 0.3) is 10.9 Å². The van der Waals surface area contributed by atoms with Gasteiger partial charge in [-0.25, -0.2) is 8.78 Å². The van der Waals surface area contributed by atoms with Gasteiger partial charge in [-0.05, 0) is 30.7 Å². The van der Waals surface area contributed by atoms with Crippen LogP contribution >= 0.6 is 0 Å². The molecular formula is C16H12F2N2O. The van der Waals surface area contributed by atoms with E-state index in [1.165, 1.54) is 6.07 Å². The molecule has 2 N–H and O–H groups in total. The number of anilines is 1. The van der Waals surface area contributed by atoms with E-state index in [2.05, 4.69) is 10.3 Å².